The molecule has 1 aliphatic rings. The fraction of sp³-hybridized carbons (Fsp3) is 0.158. The fourth-order valence-electron chi connectivity index (χ4n) is 2.52. The summed E-state index contributed by atoms with van der Waals surface area (Å²) < 4.78 is 5.56. The summed E-state index contributed by atoms with van der Waals surface area (Å²) in [5, 5.41) is 1.04. The smallest absolute Gasteiger partial charge is 0.293 e. The third-order valence-corrected chi connectivity index (χ3v) is 5.50. The highest BCUT2D eigenvalue weighted by atomic mass is 35.5. The third kappa shape index (κ3) is 4.61. The molecule has 8 heteroatoms. The van der Waals surface area contributed by atoms with E-state index in [-0.39, 0.29) is 11.8 Å². The highest BCUT2D eigenvalue weighted by Gasteiger charge is 2.35. The zero-order valence-electron chi connectivity index (χ0n) is 14.2. The molecule has 1 heterocycles. The number of rotatable bonds is 5. The van der Waals surface area contributed by atoms with Crippen molar-refractivity contribution in [1.82, 2.24) is 4.90 Å². The minimum Gasteiger partial charge on any atom is -0.493 e. The molecule has 1 saturated heterocycles. The maximum atomic E-state index is 12.7. The average Bonchev–Trinajstić information content (AvgIpc) is 2.87. The Bertz CT molecular complexity index is 946. The summed E-state index contributed by atoms with van der Waals surface area (Å²) in [7, 11) is 0. The fourth-order valence-corrected chi connectivity index (χ4v) is 3.99. The summed E-state index contributed by atoms with van der Waals surface area (Å²) in [6.45, 7) is 2.41. The van der Waals surface area contributed by atoms with Crippen LogP contribution in [-0.2, 0) is 11.3 Å². The number of ether oxygens (including phenoxy) is 1. The number of carbonyl (C=O) groups excluding carboxylic acids is 2. The van der Waals surface area contributed by atoms with Crippen LogP contribution in [0.25, 0.3) is 6.08 Å². The first kappa shape index (κ1) is 20.1. The number of halogens is 3. The molecule has 0 saturated carbocycles. The first-order chi connectivity index (χ1) is 12.9. The Morgan fingerprint density at radius 3 is 2.48 bits per heavy atom. The molecule has 0 aliphatic carbocycles. The summed E-state index contributed by atoms with van der Waals surface area (Å²) in [6, 6.07) is 10.1. The van der Waals surface area contributed by atoms with Crippen molar-refractivity contribution < 1.29 is 14.3 Å². The molecule has 0 aromatic heterocycles. The number of thioether (sulfide) groups is 1. The van der Waals surface area contributed by atoms with Crippen LogP contribution >= 0.6 is 46.6 Å². The molecule has 0 radical (unpaired) electrons. The molecule has 2 aromatic rings. The summed E-state index contributed by atoms with van der Waals surface area (Å²) in [4.78, 5) is 26.5. The van der Waals surface area contributed by atoms with Gasteiger partial charge in [0.25, 0.3) is 11.1 Å². The van der Waals surface area contributed by atoms with Gasteiger partial charge in [-0.25, -0.2) is 0 Å². The van der Waals surface area contributed by atoms with E-state index in [9.17, 15) is 9.59 Å². The predicted molar refractivity (Wildman–Crippen MR) is 111 cm³/mol. The Labute approximate surface area is 176 Å². The van der Waals surface area contributed by atoms with Crippen LogP contribution in [0.4, 0.5) is 4.79 Å². The summed E-state index contributed by atoms with van der Waals surface area (Å²) >= 11 is 19.0. The molecule has 1 aliphatic heterocycles. The molecule has 4 nitrogen and oxygen atoms in total. The van der Waals surface area contributed by atoms with Crippen molar-refractivity contribution in [3.05, 3.63) is 67.5 Å². The molecule has 0 spiro atoms. The topological polar surface area (TPSA) is 46.6 Å². The zero-order valence-corrected chi connectivity index (χ0v) is 17.3. The van der Waals surface area contributed by atoms with Crippen molar-refractivity contribution in [2.45, 2.75) is 13.5 Å². The molecule has 2 aromatic carbocycles. The minimum atomic E-state index is -0.390. The maximum absolute atomic E-state index is 12.7. The van der Waals surface area contributed by atoms with E-state index in [0.717, 1.165) is 16.7 Å². The van der Waals surface area contributed by atoms with Crippen LogP contribution in [0.5, 0.6) is 5.75 Å². The Morgan fingerprint density at radius 2 is 1.78 bits per heavy atom. The molecule has 2 amide bonds. The maximum Gasteiger partial charge on any atom is 0.293 e. The molecule has 1 fully saturated rings. The second-order valence-corrected chi connectivity index (χ2v) is 7.89. The van der Waals surface area contributed by atoms with Crippen LogP contribution < -0.4 is 4.74 Å². The normalized spacial score (nSPS) is 15.7. The molecule has 27 heavy (non-hydrogen) atoms. The lowest BCUT2D eigenvalue weighted by Gasteiger charge is -2.13. The molecule has 0 unspecified atom stereocenters. The summed E-state index contributed by atoms with van der Waals surface area (Å²) in [5.41, 5.74) is 1.28. The highest BCUT2D eigenvalue weighted by molar-refractivity contribution is 8.18. The molecule has 0 N–H and O–H groups in total. The van der Waals surface area contributed by atoms with Crippen LogP contribution in [0, 0.1) is 0 Å². The van der Waals surface area contributed by atoms with Gasteiger partial charge in [-0.2, -0.15) is 0 Å². The lowest BCUT2D eigenvalue weighted by atomic mass is 10.1. The van der Waals surface area contributed by atoms with Gasteiger partial charge < -0.3 is 4.74 Å². The first-order valence-electron chi connectivity index (χ1n) is 8.00. The van der Waals surface area contributed by atoms with E-state index in [1.165, 1.54) is 0 Å². The standard InChI is InChI=1S/C19H14Cl3NO3S/c1-2-26-16-6-5-13(20)7-12(16)8-17-18(24)23(19(25)27-17)10-11-3-4-14(21)9-15(11)22/h3-9H,2,10H2,1H3/b17-8-. The third-order valence-electron chi connectivity index (χ3n) is 3.78. The van der Waals surface area contributed by atoms with Crippen molar-refractivity contribution in [3.63, 3.8) is 0 Å². The number of carbonyl (C=O) groups is 2. The van der Waals surface area contributed by atoms with Crippen LogP contribution in [0.15, 0.2) is 41.3 Å². The number of hydrogen-bond acceptors (Lipinski definition) is 4. The second kappa shape index (κ2) is 8.57. The number of hydrogen-bond donors (Lipinski definition) is 0. The van der Waals surface area contributed by atoms with Crippen molar-refractivity contribution >= 4 is 63.8 Å². The van der Waals surface area contributed by atoms with Gasteiger partial charge in [0.1, 0.15) is 5.75 Å². The summed E-state index contributed by atoms with van der Waals surface area (Å²) in [6.07, 6.45) is 1.62. The van der Waals surface area contributed by atoms with Crippen LogP contribution in [-0.4, -0.2) is 22.7 Å². The molecular formula is C19H14Cl3NO3S. The molecule has 0 bridgehead atoms. The van der Waals surface area contributed by atoms with Crippen LogP contribution in [0.1, 0.15) is 18.1 Å². The van der Waals surface area contributed by atoms with Gasteiger partial charge in [-0.05, 0) is 60.7 Å². The Hall–Kier alpha value is -1.66. The van der Waals surface area contributed by atoms with Gasteiger partial charge in [-0.1, -0.05) is 40.9 Å². The second-order valence-electron chi connectivity index (χ2n) is 5.62. The average molecular weight is 443 g/mol. The lowest BCUT2D eigenvalue weighted by molar-refractivity contribution is -0.123. The SMILES string of the molecule is CCOc1ccc(Cl)cc1/C=C1\SC(=O)N(Cc2ccc(Cl)cc2Cl)C1=O. The molecule has 140 valence electrons. The molecule has 0 atom stereocenters. The molecule has 3 rings (SSSR count). The van der Waals surface area contributed by atoms with Gasteiger partial charge in [0.05, 0.1) is 18.1 Å². The van der Waals surface area contributed by atoms with E-state index < -0.39 is 5.91 Å². The molecular weight excluding hydrogens is 429 g/mol. The van der Waals surface area contributed by atoms with Gasteiger partial charge in [0.2, 0.25) is 0 Å². The Kier molecular flexibility index (Phi) is 6.37. The van der Waals surface area contributed by atoms with E-state index in [0.29, 0.717) is 43.5 Å². The quantitative estimate of drug-likeness (QED) is 0.511. The van der Waals surface area contributed by atoms with Gasteiger partial charge >= 0.3 is 0 Å². The highest BCUT2D eigenvalue weighted by Crippen LogP contribution is 2.36. The largest absolute Gasteiger partial charge is 0.493 e. The van der Waals surface area contributed by atoms with E-state index in [4.69, 9.17) is 39.5 Å². The minimum absolute atomic E-state index is 0.0753. The van der Waals surface area contributed by atoms with E-state index in [1.54, 1.807) is 42.5 Å². The predicted octanol–water partition coefficient (Wildman–Crippen LogP) is 6.28. The Balaban J connectivity index is 1.88. The number of benzene rings is 2. The first-order valence-corrected chi connectivity index (χ1v) is 9.95. The van der Waals surface area contributed by atoms with Crippen molar-refractivity contribution in [2.24, 2.45) is 0 Å². The Morgan fingerprint density at radius 1 is 1.07 bits per heavy atom. The van der Waals surface area contributed by atoms with Crippen LogP contribution in [0.3, 0.4) is 0 Å². The number of amides is 2. The number of imide groups is 1. The zero-order chi connectivity index (χ0) is 19.6. The van der Waals surface area contributed by atoms with Crippen LogP contribution in [0.2, 0.25) is 15.1 Å². The number of nitrogens with zero attached hydrogens (tertiary/aromatic N) is 1. The van der Waals surface area contributed by atoms with E-state index in [1.807, 2.05) is 6.92 Å². The van der Waals surface area contributed by atoms with Crippen molar-refractivity contribution in [3.8, 4) is 5.75 Å². The lowest BCUT2D eigenvalue weighted by Crippen LogP contribution is -2.27. The van der Waals surface area contributed by atoms with Gasteiger partial charge in [0.15, 0.2) is 0 Å². The monoisotopic (exact) mass is 441 g/mol. The van der Waals surface area contributed by atoms with Crippen molar-refractivity contribution in [2.75, 3.05) is 6.61 Å². The van der Waals surface area contributed by atoms with E-state index >= 15 is 0 Å². The van der Waals surface area contributed by atoms with Gasteiger partial charge in [0, 0.05) is 20.6 Å². The summed E-state index contributed by atoms with van der Waals surface area (Å²) in [5.74, 6) is 0.202. The van der Waals surface area contributed by atoms with Crippen molar-refractivity contribution in [1.29, 1.82) is 0 Å². The van der Waals surface area contributed by atoms with Gasteiger partial charge in [-0.3, -0.25) is 14.5 Å². The van der Waals surface area contributed by atoms with Gasteiger partial charge in [-0.15, -0.1) is 0 Å². The van der Waals surface area contributed by atoms with E-state index in [2.05, 4.69) is 0 Å².